The minimum atomic E-state index is -0.846. The van der Waals surface area contributed by atoms with Crippen molar-refractivity contribution in [1.82, 2.24) is 35.4 Å². The lowest BCUT2D eigenvalue weighted by molar-refractivity contribution is -0.144. The van der Waals surface area contributed by atoms with E-state index in [2.05, 4.69) is 25.8 Å². The van der Waals surface area contributed by atoms with E-state index in [0.29, 0.717) is 22.7 Å². The zero-order valence-electron chi connectivity index (χ0n) is 20.3. The number of aromatic amines is 1. The monoisotopic (exact) mass is 471 g/mol. The van der Waals surface area contributed by atoms with Gasteiger partial charge in [0.25, 0.3) is 5.56 Å². The molecule has 184 valence electrons. The maximum absolute atomic E-state index is 13.8. The Morgan fingerprint density at radius 1 is 1.29 bits per heavy atom. The van der Waals surface area contributed by atoms with Gasteiger partial charge in [0.15, 0.2) is 0 Å². The van der Waals surface area contributed by atoms with Gasteiger partial charge >= 0.3 is 0 Å². The average Bonchev–Trinajstić information content (AvgIpc) is 3.37. The van der Waals surface area contributed by atoms with E-state index in [-0.39, 0.29) is 31.0 Å². The zero-order valence-corrected chi connectivity index (χ0v) is 20.3. The minimum Gasteiger partial charge on any atom is -0.391 e. The third-order valence-electron chi connectivity index (χ3n) is 6.74. The summed E-state index contributed by atoms with van der Waals surface area (Å²) in [6, 6.07) is -1.53. The summed E-state index contributed by atoms with van der Waals surface area (Å²) in [5.41, 5.74) is 1.80. The number of aliphatic hydroxyl groups is 1. The third kappa shape index (κ3) is 4.75. The molecule has 2 fully saturated rings. The highest BCUT2D eigenvalue weighted by Gasteiger charge is 2.45. The van der Waals surface area contributed by atoms with Crippen molar-refractivity contribution in [2.24, 2.45) is 5.41 Å². The Bertz CT molecular complexity index is 1140. The van der Waals surface area contributed by atoms with Crippen LogP contribution in [0.1, 0.15) is 74.5 Å². The number of nitrogens with one attached hydrogen (secondary N) is 2. The van der Waals surface area contributed by atoms with Crippen molar-refractivity contribution in [3.05, 3.63) is 39.1 Å². The van der Waals surface area contributed by atoms with E-state index in [1.54, 1.807) is 18.5 Å². The lowest BCUT2D eigenvalue weighted by atomic mass is 9.85. The molecule has 0 spiro atoms. The molecule has 3 atom stereocenters. The Morgan fingerprint density at radius 2 is 2.00 bits per heavy atom. The Morgan fingerprint density at radius 3 is 2.65 bits per heavy atom. The molecule has 0 unspecified atom stereocenters. The van der Waals surface area contributed by atoms with Crippen LogP contribution in [0.25, 0.3) is 0 Å². The van der Waals surface area contributed by atoms with Crippen LogP contribution < -0.4 is 10.9 Å². The number of carbonyl (C=O) groups excluding carboxylic acids is 2. The van der Waals surface area contributed by atoms with Gasteiger partial charge in [0.05, 0.1) is 17.5 Å². The van der Waals surface area contributed by atoms with E-state index in [1.165, 1.54) is 4.90 Å². The first kappa shape index (κ1) is 24.1. The summed E-state index contributed by atoms with van der Waals surface area (Å²) < 4.78 is 1.60. The van der Waals surface area contributed by atoms with Gasteiger partial charge in [-0.3, -0.25) is 14.4 Å². The fourth-order valence-electron chi connectivity index (χ4n) is 4.51. The zero-order chi connectivity index (χ0) is 24.8. The second-order valence-electron chi connectivity index (χ2n) is 10.5. The molecule has 0 aromatic carbocycles. The molecular formula is C23H33N7O4. The normalized spacial score (nSPS) is 21.5. The van der Waals surface area contributed by atoms with Crippen molar-refractivity contribution in [3.63, 3.8) is 0 Å². The highest BCUT2D eigenvalue weighted by Crippen LogP contribution is 2.40. The Hall–Kier alpha value is -3.08. The number of rotatable bonds is 6. The molecule has 4 rings (SSSR count). The number of hydrogen-bond acceptors (Lipinski definition) is 7. The summed E-state index contributed by atoms with van der Waals surface area (Å²) in [5, 5.41) is 28.0. The van der Waals surface area contributed by atoms with Crippen LogP contribution in [-0.4, -0.2) is 65.7 Å². The van der Waals surface area contributed by atoms with Crippen molar-refractivity contribution < 1.29 is 14.7 Å². The number of aromatic nitrogens is 5. The summed E-state index contributed by atoms with van der Waals surface area (Å²) in [7, 11) is 0. The maximum atomic E-state index is 13.8. The maximum Gasteiger partial charge on any atom is 0.269 e. The molecule has 11 heteroatoms. The lowest BCUT2D eigenvalue weighted by Crippen LogP contribution is -2.50. The molecule has 0 bridgehead atoms. The van der Waals surface area contributed by atoms with Gasteiger partial charge in [0.2, 0.25) is 11.8 Å². The molecule has 1 saturated carbocycles. The molecule has 2 amide bonds. The van der Waals surface area contributed by atoms with Crippen LogP contribution in [0.15, 0.2) is 11.0 Å². The predicted molar refractivity (Wildman–Crippen MR) is 123 cm³/mol. The molecule has 11 nitrogen and oxygen atoms in total. The molecule has 2 aliphatic rings. The summed E-state index contributed by atoms with van der Waals surface area (Å²) >= 11 is 0. The summed E-state index contributed by atoms with van der Waals surface area (Å²) in [5.74, 6) is -0.298. The number of likely N-dealkylation sites (tertiary alicyclic amines) is 1. The van der Waals surface area contributed by atoms with Gasteiger partial charge in [-0.25, -0.2) is 9.78 Å². The summed E-state index contributed by atoms with van der Waals surface area (Å²) in [6.07, 6.45) is 3.29. The van der Waals surface area contributed by atoms with Crippen LogP contribution >= 0.6 is 0 Å². The molecule has 34 heavy (non-hydrogen) atoms. The number of aryl methyl sites for hydroxylation is 1. The quantitative estimate of drug-likeness (QED) is 0.563. The van der Waals surface area contributed by atoms with E-state index >= 15 is 0 Å². The topological polar surface area (TPSA) is 146 Å². The van der Waals surface area contributed by atoms with Crippen molar-refractivity contribution >= 4 is 11.8 Å². The first-order valence-electron chi connectivity index (χ1n) is 11.7. The van der Waals surface area contributed by atoms with E-state index in [0.717, 1.165) is 18.5 Å². The van der Waals surface area contributed by atoms with Gasteiger partial charge in [-0.05, 0) is 37.7 Å². The van der Waals surface area contributed by atoms with Crippen molar-refractivity contribution in [1.29, 1.82) is 0 Å². The van der Waals surface area contributed by atoms with Gasteiger partial charge in [-0.15, -0.1) is 5.10 Å². The number of amides is 2. The molecule has 3 heterocycles. The van der Waals surface area contributed by atoms with Crippen LogP contribution in [0.5, 0.6) is 0 Å². The second kappa shape index (κ2) is 8.94. The molecule has 2 aromatic rings. The van der Waals surface area contributed by atoms with Crippen molar-refractivity contribution in [2.75, 3.05) is 6.54 Å². The minimum absolute atomic E-state index is 0.00844. The van der Waals surface area contributed by atoms with Gasteiger partial charge in [-0.1, -0.05) is 26.0 Å². The molecule has 1 saturated heterocycles. The average molecular weight is 472 g/mol. The van der Waals surface area contributed by atoms with Gasteiger partial charge in [-0.2, -0.15) is 5.10 Å². The number of hydrogen-bond donors (Lipinski definition) is 3. The molecule has 3 N–H and O–H groups in total. The highest BCUT2D eigenvalue weighted by atomic mass is 16.3. The van der Waals surface area contributed by atoms with Gasteiger partial charge in [0, 0.05) is 37.2 Å². The fourth-order valence-corrected chi connectivity index (χ4v) is 4.51. The summed E-state index contributed by atoms with van der Waals surface area (Å²) in [6.45, 7) is 9.44. The van der Waals surface area contributed by atoms with Crippen LogP contribution in [0.3, 0.4) is 0 Å². The number of nitrogens with zero attached hydrogens (tertiary/aromatic N) is 5. The van der Waals surface area contributed by atoms with Crippen LogP contribution in [-0.2, 0) is 16.1 Å². The van der Waals surface area contributed by atoms with Crippen LogP contribution in [0, 0.1) is 19.3 Å². The molecule has 1 aliphatic carbocycles. The number of H-pyrrole nitrogens is 1. The third-order valence-corrected chi connectivity index (χ3v) is 6.74. The lowest BCUT2D eigenvalue weighted by Gasteiger charge is -2.34. The van der Waals surface area contributed by atoms with E-state index in [4.69, 9.17) is 0 Å². The molecular weight excluding hydrogens is 438 g/mol. The SMILES string of the molecule is Cc1n[nH]c(=O)c(CNC(=O)[C@@H]2C[C@@H](O)CN2C(=O)[C@@H](n2cc(C3CC3)nn2)C(C)(C)C)c1C. The number of aliphatic hydroxyl groups excluding tert-OH is 1. The van der Waals surface area contributed by atoms with Crippen LogP contribution in [0.2, 0.25) is 0 Å². The van der Waals surface area contributed by atoms with Gasteiger partial charge in [0.1, 0.15) is 12.1 Å². The first-order valence-corrected chi connectivity index (χ1v) is 11.7. The second-order valence-corrected chi connectivity index (χ2v) is 10.5. The number of carbonyl (C=O) groups is 2. The van der Waals surface area contributed by atoms with E-state index in [9.17, 15) is 19.5 Å². The highest BCUT2D eigenvalue weighted by molar-refractivity contribution is 5.90. The van der Waals surface area contributed by atoms with Crippen molar-refractivity contribution in [3.8, 4) is 0 Å². The standard InChI is InChI=1S/C23H33N7O4/c1-12-13(2)25-27-20(32)16(12)9-24-21(33)18-8-15(31)10-29(18)22(34)19(23(3,4)5)30-11-17(26-28-30)14-6-7-14/h11,14-15,18-19,31H,6-10H2,1-5H3,(H,24,33)(H,27,32)/t15-,18+,19-/m1/s1. The van der Waals surface area contributed by atoms with Crippen LogP contribution in [0.4, 0.5) is 0 Å². The molecule has 2 aromatic heterocycles. The smallest absolute Gasteiger partial charge is 0.269 e. The fraction of sp³-hybridized carbons (Fsp3) is 0.652. The largest absolute Gasteiger partial charge is 0.391 e. The summed E-state index contributed by atoms with van der Waals surface area (Å²) in [4.78, 5) is 40.5. The first-order chi connectivity index (χ1) is 16.0. The number of β-amino-alcohol motifs (C(OH)–C–C–N with tert-alkyl or cyclic N) is 1. The Kier molecular flexibility index (Phi) is 6.32. The van der Waals surface area contributed by atoms with Gasteiger partial charge < -0.3 is 15.3 Å². The Labute approximate surface area is 197 Å². The van der Waals surface area contributed by atoms with E-state index in [1.807, 2.05) is 27.0 Å². The molecule has 1 aliphatic heterocycles. The van der Waals surface area contributed by atoms with E-state index < -0.39 is 29.5 Å². The van der Waals surface area contributed by atoms with Crippen molar-refractivity contribution in [2.45, 2.75) is 84.5 Å². The molecule has 0 radical (unpaired) electrons. The Balaban J connectivity index is 1.54. The predicted octanol–water partition coefficient (Wildman–Crippen LogP) is 0.721.